The molecule has 3 N–H and O–H groups in total. The summed E-state index contributed by atoms with van der Waals surface area (Å²) in [6, 6.07) is 2.22. The van der Waals surface area contributed by atoms with Crippen LogP contribution in [0.3, 0.4) is 0 Å². The minimum Gasteiger partial charge on any atom is -0.409 e. The maximum Gasteiger partial charge on any atom is 0.254 e. The molecule has 104 valence electrons. The Morgan fingerprint density at radius 1 is 1.42 bits per heavy atom. The molecule has 7 heteroatoms. The molecule has 19 heavy (non-hydrogen) atoms. The third-order valence-electron chi connectivity index (χ3n) is 2.72. The van der Waals surface area contributed by atoms with Gasteiger partial charge in [0.2, 0.25) is 0 Å². The monoisotopic (exact) mass is 271 g/mol. The van der Waals surface area contributed by atoms with E-state index in [0.29, 0.717) is 6.07 Å². The molecule has 0 bridgehead atoms. The largest absolute Gasteiger partial charge is 0.409 e. The summed E-state index contributed by atoms with van der Waals surface area (Å²) < 4.78 is 26.1. The maximum absolute atomic E-state index is 13.0. The van der Waals surface area contributed by atoms with Crippen molar-refractivity contribution in [1.82, 2.24) is 4.90 Å². The Labute approximate surface area is 109 Å². The molecule has 1 aromatic rings. The normalized spacial score (nSPS) is 13.2. The Bertz CT molecular complexity index is 485. The van der Waals surface area contributed by atoms with Crippen LogP contribution in [0.15, 0.2) is 23.4 Å². The lowest BCUT2D eigenvalue weighted by molar-refractivity contribution is 0.0746. The molecule has 0 aliphatic heterocycles. The van der Waals surface area contributed by atoms with E-state index in [1.807, 2.05) is 0 Å². The van der Waals surface area contributed by atoms with Gasteiger partial charge in [0.15, 0.2) is 0 Å². The molecule has 1 rings (SSSR count). The molecular weight excluding hydrogens is 256 g/mol. The second kappa shape index (κ2) is 6.12. The number of oxime groups is 1. The number of hydrogen-bond acceptors (Lipinski definition) is 3. The van der Waals surface area contributed by atoms with Crippen molar-refractivity contribution >= 4 is 11.7 Å². The van der Waals surface area contributed by atoms with E-state index in [-0.39, 0.29) is 23.9 Å². The van der Waals surface area contributed by atoms with Gasteiger partial charge in [-0.25, -0.2) is 8.78 Å². The van der Waals surface area contributed by atoms with E-state index in [4.69, 9.17) is 10.9 Å². The zero-order valence-corrected chi connectivity index (χ0v) is 10.6. The van der Waals surface area contributed by atoms with Gasteiger partial charge in [-0.15, -0.1) is 0 Å². The molecule has 0 saturated heterocycles. The number of benzene rings is 1. The van der Waals surface area contributed by atoms with Crippen LogP contribution in [0, 0.1) is 11.6 Å². The highest BCUT2D eigenvalue weighted by Gasteiger charge is 2.19. The fourth-order valence-corrected chi connectivity index (χ4v) is 1.56. The van der Waals surface area contributed by atoms with E-state index in [2.05, 4.69) is 5.16 Å². The zero-order chi connectivity index (χ0) is 14.6. The summed E-state index contributed by atoms with van der Waals surface area (Å²) in [5.41, 5.74) is 5.25. The van der Waals surface area contributed by atoms with Gasteiger partial charge in [-0.3, -0.25) is 4.79 Å². The number of nitrogens with two attached hydrogens (primary N) is 1. The number of amidine groups is 1. The Morgan fingerprint density at radius 3 is 2.42 bits per heavy atom. The van der Waals surface area contributed by atoms with Gasteiger partial charge in [0.05, 0.1) is 0 Å². The standard InChI is InChI=1S/C12H15F2N3O2/c1-7(3-11(15)16-19)17(2)12(18)8-4-9(13)6-10(14)5-8/h4-7,19H,3H2,1-2H3,(H2,15,16). The second-order valence-corrected chi connectivity index (χ2v) is 4.22. The minimum atomic E-state index is -0.819. The van der Waals surface area contributed by atoms with E-state index in [0.717, 1.165) is 12.1 Å². The molecule has 1 unspecified atom stereocenters. The van der Waals surface area contributed by atoms with Crippen LogP contribution in [-0.4, -0.2) is 34.9 Å². The lowest BCUT2D eigenvalue weighted by atomic mass is 10.1. The summed E-state index contributed by atoms with van der Waals surface area (Å²) in [4.78, 5) is 13.3. The smallest absolute Gasteiger partial charge is 0.254 e. The summed E-state index contributed by atoms with van der Waals surface area (Å²) in [6.07, 6.45) is 0.149. The first-order valence-corrected chi connectivity index (χ1v) is 5.54. The van der Waals surface area contributed by atoms with Crippen molar-refractivity contribution in [3.05, 3.63) is 35.4 Å². The fraction of sp³-hybridized carbons (Fsp3) is 0.333. The van der Waals surface area contributed by atoms with Gasteiger partial charge in [-0.05, 0) is 19.1 Å². The number of carbonyl (C=O) groups excluding carboxylic acids is 1. The summed E-state index contributed by atoms with van der Waals surface area (Å²) in [6.45, 7) is 1.67. The van der Waals surface area contributed by atoms with Crippen LogP contribution in [0.2, 0.25) is 0 Å². The quantitative estimate of drug-likeness (QED) is 0.377. The van der Waals surface area contributed by atoms with Crippen LogP contribution in [0.25, 0.3) is 0 Å². The number of hydrogen-bond donors (Lipinski definition) is 2. The fourth-order valence-electron chi connectivity index (χ4n) is 1.56. The van der Waals surface area contributed by atoms with Gasteiger partial charge < -0.3 is 15.8 Å². The predicted molar refractivity (Wildman–Crippen MR) is 65.9 cm³/mol. The number of nitrogens with zero attached hydrogens (tertiary/aromatic N) is 2. The number of halogens is 2. The Balaban J connectivity index is 2.87. The van der Waals surface area contributed by atoms with Crippen molar-refractivity contribution in [1.29, 1.82) is 0 Å². The van der Waals surface area contributed by atoms with Crippen LogP contribution in [-0.2, 0) is 0 Å². The van der Waals surface area contributed by atoms with Crippen LogP contribution in [0.5, 0.6) is 0 Å². The first-order valence-electron chi connectivity index (χ1n) is 5.54. The maximum atomic E-state index is 13.0. The Kier molecular flexibility index (Phi) is 4.80. The third kappa shape index (κ3) is 3.90. The van der Waals surface area contributed by atoms with E-state index in [1.165, 1.54) is 11.9 Å². The summed E-state index contributed by atoms with van der Waals surface area (Å²) >= 11 is 0. The van der Waals surface area contributed by atoms with Crippen LogP contribution >= 0.6 is 0 Å². The highest BCUT2D eigenvalue weighted by Crippen LogP contribution is 2.12. The molecule has 0 heterocycles. The van der Waals surface area contributed by atoms with Gasteiger partial charge in [0.25, 0.3) is 5.91 Å². The first-order chi connectivity index (χ1) is 8.85. The first kappa shape index (κ1) is 14.9. The Morgan fingerprint density at radius 2 is 1.95 bits per heavy atom. The topological polar surface area (TPSA) is 78.9 Å². The van der Waals surface area contributed by atoms with E-state index in [9.17, 15) is 13.6 Å². The highest BCUT2D eigenvalue weighted by atomic mass is 19.1. The predicted octanol–water partition coefficient (Wildman–Crippen LogP) is 1.56. The average molecular weight is 271 g/mol. The van der Waals surface area contributed by atoms with E-state index < -0.39 is 17.5 Å². The van der Waals surface area contributed by atoms with Crippen molar-refractivity contribution < 1.29 is 18.8 Å². The molecule has 0 aromatic heterocycles. The van der Waals surface area contributed by atoms with Crippen LogP contribution in [0.4, 0.5) is 8.78 Å². The molecule has 1 aromatic carbocycles. The van der Waals surface area contributed by atoms with Crippen molar-refractivity contribution in [2.24, 2.45) is 10.9 Å². The van der Waals surface area contributed by atoms with Crippen LogP contribution < -0.4 is 5.73 Å². The molecule has 0 aliphatic carbocycles. The average Bonchev–Trinajstić information content (AvgIpc) is 2.35. The van der Waals surface area contributed by atoms with Gasteiger partial charge in [-0.1, -0.05) is 5.16 Å². The summed E-state index contributed by atoms with van der Waals surface area (Å²) in [7, 11) is 1.47. The zero-order valence-electron chi connectivity index (χ0n) is 10.6. The third-order valence-corrected chi connectivity index (χ3v) is 2.72. The molecule has 0 fully saturated rings. The number of carbonyl (C=O) groups is 1. The number of rotatable bonds is 4. The Hall–Kier alpha value is -2.18. The van der Waals surface area contributed by atoms with E-state index in [1.54, 1.807) is 6.92 Å². The van der Waals surface area contributed by atoms with Gasteiger partial charge in [-0.2, -0.15) is 0 Å². The second-order valence-electron chi connectivity index (χ2n) is 4.22. The molecule has 5 nitrogen and oxygen atoms in total. The van der Waals surface area contributed by atoms with Crippen molar-refractivity contribution in [2.75, 3.05) is 7.05 Å². The molecule has 1 atom stereocenters. The van der Waals surface area contributed by atoms with Gasteiger partial charge >= 0.3 is 0 Å². The summed E-state index contributed by atoms with van der Waals surface area (Å²) in [5.74, 6) is -2.21. The van der Waals surface area contributed by atoms with Gasteiger partial charge in [0, 0.05) is 31.1 Å². The van der Waals surface area contributed by atoms with Crippen molar-refractivity contribution in [3.63, 3.8) is 0 Å². The molecule has 0 spiro atoms. The SMILES string of the molecule is CC(CC(N)=NO)N(C)C(=O)c1cc(F)cc(F)c1. The molecule has 0 saturated carbocycles. The molecular formula is C12H15F2N3O2. The number of amides is 1. The highest BCUT2D eigenvalue weighted by molar-refractivity contribution is 5.94. The lowest BCUT2D eigenvalue weighted by Gasteiger charge is -2.24. The summed E-state index contributed by atoms with van der Waals surface area (Å²) in [5, 5.41) is 11.3. The molecule has 1 amide bonds. The van der Waals surface area contributed by atoms with Crippen molar-refractivity contribution in [2.45, 2.75) is 19.4 Å². The molecule has 0 radical (unpaired) electrons. The lowest BCUT2D eigenvalue weighted by Crippen LogP contribution is -2.37. The van der Waals surface area contributed by atoms with E-state index >= 15 is 0 Å². The minimum absolute atomic E-state index is 0.0300. The van der Waals surface area contributed by atoms with Gasteiger partial charge in [0.1, 0.15) is 17.5 Å². The van der Waals surface area contributed by atoms with Crippen LogP contribution in [0.1, 0.15) is 23.7 Å². The van der Waals surface area contributed by atoms with Crippen molar-refractivity contribution in [3.8, 4) is 0 Å². The molecule has 0 aliphatic rings.